The number of hydrogen-bond donors (Lipinski definition) is 2. The third-order valence-corrected chi connectivity index (χ3v) is 3.62. The van der Waals surface area contributed by atoms with Gasteiger partial charge in [-0.1, -0.05) is 15.9 Å². The van der Waals surface area contributed by atoms with Crippen LogP contribution >= 0.6 is 15.9 Å². The number of benzene rings is 2. The Bertz CT molecular complexity index is 867. The van der Waals surface area contributed by atoms with Crippen LogP contribution in [-0.2, 0) is 0 Å². The van der Waals surface area contributed by atoms with Crippen molar-refractivity contribution in [3.63, 3.8) is 0 Å². The quantitative estimate of drug-likeness (QED) is 0.667. The van der Waals surface area contributed by atoms with Crippen molar-refractivity contribution in [2.75, 3.05) is 0 Å². The van der Waals surface area contributed by atoms with Gasteiger partial charge in [0, 0.05) is 21.5 Å². The molecule has 1 heterocycles. The zero-order chi connectivity index (χ0) is 14.3. The van der Waals surface area contributed by atoms with Crippen LogP contribution in [0, 0.1) is 0 Å². The van der Waals surface area contributed by atoms with Gasteiger partial charge in [0.05, 0.1) is 5.56 Å². The van der Waals surface area contributed by atoms with Crippen LogP contribution < -0.4 is 5.63 Å². The van der Waals surface area contributed by atoms with Gasteiger partial charge in [0.2, 0.25) is 0 Å². The van der Waals surface area contributed by atoms with Crippen LogP contribution in [0.25, 0.3) is 22.1 Å². The van der Waals surface area contributed by atoms with Crippen molar-refractivity contribution in [3.05, 3.63) is 57.4 Å². The first-order chi connectivity index (χ1) is 9.54. The van der Waals surface area contributed by atoms with Crippen molar-refractivity contribution in [1.29, 1.82) is 0 Å². The molecule has 4 nitrogen and oxygen atoms in total. The molecule has 0 unspecified atom stereocenters. The summed E-state index contributed by atoms with van der Waals surface area (Å²) in [5, 5.41) is 19.5. The van der Waals surface area contributed by atoms with Gasteiger partial charge in [-0.25, -0.2) is 4.79 Å². The first-order valence-corrected chi connectivity index (χ1v) is 6.59. The first kappa shape index (κ1) is 12.7. The van der Waals surface area contributed by atoms with E-state index in [9.17, 15) is 15.0 Å². The van der Waals surface area contributed by atoms with Crippen molar-refractivity contribution in [2.45, 2.75) is 0 Å². The molecule has 2 N–H and O–H groups in total. The van der Waals surface area contributed by atoms with E-state index < -0.39 is 5.63 Å². The highest BCUT2D eigenvalue weighted by atomic mass is 79.9. The minimum atomic E-state index is -0.505. The summed E-state index contributed by atoms with van der Waals surface area (Å²) in [4.78, 5) is 12.1. The van der Waals surface area contributed by atoms with E-state index in [4.69, 9.17) is 4.42 Å². The summed E-state index contributed by atoms with van der Waals surface area (Å²) in [6.07, 6.45) is 0. The van der Waals surface area contributed by atoms with Gasteiger partial charge in [0.15, 0.2) is 0 Å². The molecule has 0 aliphatic heterocycles. The van der Waals surface area contributed by atoms with Crippen LogP contribution in [0.1, 0.15) is 0 Å². The molecule has 0 aliphatic rings. The number of phenolic OH excluding ortho intramolecular Hbond substituents is 2. The standard InChI is InChI=1S/C15H9BrO4/c16-13-6-9(17)3-4-11(13)12-5-8-1-2-10(18)7-14(8)20-15(12)19/h1-7,17-18H. The van der Waals surface area contributed by atoms with E-state index in [-0.39, 0.29) is 11.5 Å². The fourth-order valence-corrected chi connectivity index (χ4v) is 2.59. The Kier molecular flexibility index (Phi) is 2.99. The Labute approximate surface area is 122 Å². The highest BCUT2D eigenvalue weighted by Crippen LogP contribution is 2.31. The minimum Gasteiger partial charge on any atom is -0.508 e. The van der Waals surface area contributed by atoms with Crippen LogP contribution in [0.3, 0.4) is 0 Å². The van der Waals surface area contributed by atoms with E-state index >= 15 is 0 Å². The lowest BCUT2D eigenvalue weighted by atomic mass is 10.1. The maximum Gasteiger partial charge on any atom is 0.344 e. The second-order valence-electron chi connectivity index (χ2n) is 4.33. The molecule has 5 heteroatoms. The van der Waals surface area contributed by atoms with Gasteiger partial charge in [-0.15, -0.1) is 0 Å². The molecule has 0 amide bonds. The van der Waals surface area contributed by atoms with Crippen molar-refractivity contribution in [3.8, 4) is 22.6 Å². The summed E-state index contributed by atoms with van der Waals surface area (Å²) < 4.78 is 5.81. The van der Waals surface area contributed by atoms with E-state index in [1.807, 2.05) is 0 Å². The van der Waals surface area contributed by atoms with E-state index in [0.717, 1.165) is 0 Å². The van der Waals surface area contributed by atoms with Gasteiger partial charge in [0.25, 0.3) is 0 Å². The fourth-order valence-electron chi connectivity index (χ4n) is 2.01. The molecule has 3 rings (SSSR count). The molecule has 0 saturated heterocycles. The molecule has 0 atom stereocenters. The maximum atomic E-state index is 12.1. The SMILES string of the molecule is O=c1oc2cc(O)ccc2cc1-c1ccc(O)cc1Br. The minimum absolute atomic E-state index is 0.0409. The summed E-state index contributed by atoms with van der Waals surface area (Å²) >= 11 is 3.31. The van der Waals surface area contributed by atoms with E-state index in [2.05, 4.69) is 15.9 Å². The summed E-state index contributed by atoms with van der Waals surface area (Å²) in [5.41, 5.74) is 0.838. The predicted molar refractivity (Wildman–Crippen MR) is 78.9 cm³/mol. The normalized spacial score (nSPS) is 10.8. The second kappa shape index (κ2) is 4.68. The fraction of sp³-hybridized carbons (Fsp3) is 0. The lowest BCUT2D eigenvalue weighted by Gasteiger charge is -2.05. The molecular formula is C15H9BrO4. The topological polar surface area (TPSA) is 70.7 Å². The summed E-state index contributed by atoms with van der Waals surface area (Å²) in [6.45, 7) is 0. The van der Waals surface area contributed by atoms with E-state index in [1.54, 1.807) is 18.2 Å². The molecule has 0 aliphatic carbocycles. The maximum absolute atomic E-state index is 12.1. The summed E-state index contributed by atoms with van der Waals surface area (Å²) in [7, 11) is 0. The molecular weight excluding hydrogens is 324 g/mol. The second-order valence-corrected chi connectivity index (χ2v) is 5.19. The molecule has 0 bridgehead atoms. The Morgan fingerprint density at radius 2 is 1.60 bits per heavy atom. The largest absolute Gasteiger partial charge is 0.508 e. The number of halogens is 1. The van der Waals surface area contributed by atoms with Crippen LogP contribution in [0.15, 0.2) is 56.1 Å². The van der Waals surface area contributed by atoms with Crippen LogP contribution in [0.2, 0.25) is 0 Å². The van der Waals surface area contributed by atoms with E-state index in [0.29, 0.717) is 26.6 Å². The zero-order valence-corrected chi connectivity index (χ0v) is 11.7. The van der Waals surface area contributed by atoms with Crippen molar-refractivity contribution in [1.82, 2.24) is 0 Å². The monoisotopic (exact) mass is 332 g/mol. The van der Waals surface area contributed by atoms with Gasteiger partial charge in [0.1, 0.15) is 17.1 Å². The highest BCUT2D eigenvalue weighted by molar-refractivity contribution is 9.10. The van der Waals surface area contributed by atoms with Crippen LogP contribution in [0.5, 0.6) is 11.5 Å². The number of hydrogen-bond acceptors (Lipinski definition) is 4. The molecule has 0 radical (unpaired) electrons. The Balaban J connectivity index is 2.28. The molecule has 0 spiro atoms. The molecule has 20 heavy (non-hydrogen) atoms. The van der Waals surface area contributed by atoms with E-state index in [1.165, 1.54) is 24.3 Å². The average Bonchev–Trinajstić information content (AvgIpc) is 2.38. The molecule has 1 aromatic heterocycles. The van der Waals surface area contributed by atoms with Gasteiger partial charge in [-0.2, -0.15) is 0 Å². The number of fused-ring (bicyclic) bond motifs is 1. The highest BCUT2D eigenvalue weighted by Gasteiger charge is 2.11. The third kappa shape index (κ3) is 2.16. The lowest BCUT2D eigenvalue weighted by Crippen LogP contribution is -2.02. The Hall–Kier alpha value is -2.27. The third-order valence-electron chi connectivity index (χ3n) is 2.96. The van der Waals surface area contributed by atoms with Crippen molar-refractivity contribution in [2.24, 2.45) is 0 Å². The average molecular weight is 333 g/mol. The summed E-state index contributed by atoms with van der Waals surface area (Å²) in [5.74, 6) is 0.148. The number of rotatable bonds is 1. The Morgan fingerprint density at radius 3 is 2.35 bits per heavy atom. The van der Waals surface area contributed by atoms with Gasteiger partial charge in [-0.05, 0) is 36.4 Å². The number of phenols is 2. The smallest absolute Gasteiger partial charge is 0.344 e. The first-order valence-electron chi connectivity index (χ1n) is 5.80. The molecule has 100 valence electrons. The molecule has 0 fully saturated rings. The lowest BCUT2D eigenvalue weighted by molar-refractivity contribution is 0.473. The van der Waals surface area contributed by atoms with Crippen LogP contribution in [0.4, 0.5) is 0 Å². The molecule has 0 saturated carbocycles. The zero-order valence-electron chi connectivity index (χ0n) is 10.1. The molecule has 3 aromatic rings. The summed E-state index contributed by atoms with van der Waals surface area (Å²) in [6, 6.07) is 10.9. The van der Waals surface area contributed by atoms with Gasteiger partial charge < -0.3 is 14.6 Å². The van der Waals surface area contributed by atoms with Gasteiger partial charge in [-0.3, -0.25) is 0 Å². The Morgan fingerprint density at radius 1 is 0.900 bits per heavy atom. The van der Waals surface area contributed by atoms with Crippen molar-refractivity contribution < 1.29 is 14.6 Å². The van der Waals surface area contributed by atoms with Crippen LogP contribution in [-0.4, -0.2) is 10.2 Å². The molecule has 2 aromatic carbocycles. The predicted octanol–water partition coefficient (Wildman–Crippen LogP) is 3.63. The van der Waals surface area contributed by atoms with Gasteiger partial charge >= 0.3 is 5.63 Å². The number of aromatic hydroxyl groups is 2. The van der Waals surface area contributed by atoms with Crippen molar-refractivity contribution >= 4 is 26.9 Å².